The van der Waals surface area contributed by atoms with Crippen molar-refractivity contribution in [2.24, 2.45) is 0 Å². The minimum Gasteiger partial charge on any atom is -0.478 e. The predicted molar refractivity (Wildman–Crippen MR) is 127 cm³/mol. The van der Waals surface area contributed by atoms with E-state index in [1.165, 1.54) is 6.07 Å². The van der Waals surface area contributed by atoms with Gasteiger partial charge in [0.05, 0.1) is 12.2 Å². The summed E-state index contributed by atoms with van der Waals surface area (Å²) in [7, 11) is 0. The van der Waals surface area contributed by atoms with E-state index < -0.39 is 5.97 Å². The molecule has 2 N–H and O–H groups in total. The molecule has 0 amide bonds. The van der Waals surface area contributed by atoms with Crippen LogP contribution < -0.4 is 0 Å². The van der Waals surface area contributed by atoms with E-state index in [1.54, 1.807) is 18.2 Å². The summed E-state index contributed by atoms with van der Waals surface area (Å²) >= 11 is 12.2. The summed E-state index contributed by atoms with van der Waals surface area (Å²) in [6.07, 6.45) is 0. The van der Waals surface area contributed by atoms with Crippen molar-refractivity contribution in [1.29, 1.82) is 0 Å². The SMILES string of the molecule is O=C(O)c1ccc(-c2ccccc2)c(Cl)c1.OCc1ccc(-c2ccccc2)c(Cl)c1. The lowest BCUT2D eigenvalue weighted by molar-refractivity contribution is 0.0697. The molecular weight excluding hydrogens is 431 g/mol. The normalized spacial score (nSPS) is 10.2. The summed E-state index contributed by atoms with van der Waals surface area (Å²) in [4.78, 5) is 10.7. The van der Waals surface area contributed by atoms with Gasteiger partial charge in [0.25, 0.3) is 0 Å². The predicted octanol–water partition coefficient (Wildman–Crippen LogP) is 7.20. The molecule has 0 radical (unpaired) electrons. The third-order valence-corrected chi connectivity index (χ3v) is 5.23. The zero-order valence-corrected chi connectivity index (χ0v) is 18.0. The first-order valence-corrected chi connectivity index (χ1v) is 10.3. The molecule has 0 atom stereocenters. The Morgan fingerprint density at radius 1 is 0.677 bits per heavy atom. The van der Waals surface area contributed by atoms with Crippen molar-refractivity contribution in [1.82, 2.24) is 0 Å². The molecule has 0 spiro atoms. The number of hydrogen-bond acceptors (Lipinski definition) is 2. The maximum atomic E-state index is 10.7. The number of aromatic carboxylic acids is 1. The molecule has 0 fully saturated rings. The molecule has 0 unspecified atom stereocenters. The molecule has 4 aromatic rings. The van der Waals surface area contributed by atoms with E-state index in [0.717, 1.165) is 27.8 Å². The molecule has 4 rings (SSSR count). The number of rotatable bonds is 4. The first-order valence-electron chi connectivity index (χ1n) is 9.52. The lowest BCUT2D eigenvalue weighted by Gasteiger charge is -2.05. The third kappa shape index (κ3) is 5.96. The first kappa shape index (κ1) is 22.6. The number of aliphatic hydroxyl groups is 1. The molecule has 0 aliphatic heterocycles. The summed E-state index contributed by atoms with van der Waals surface area (Å²) in [5.41, 5.74) is 4.93. The zero-order chi connectivity index (χ0) is 22.2. The molecule has 0 saturated heterocycles. The van der Waals surface area contributed by atoms with Gasteiger partial charge in [-0.05, 0) is 34.9 Å². The molecule has 0 aromatic heterocycles. The van der Waals surface area contributed by atoms with Crippen molar-refractivity contribution in [2.45, 2.75) is 6.61 Å². The number of halogens is 2. The second-order valence-corrected chi connectivity index (χ2v) is 7.52. The minimum absolute atomic E-state index is 0.0226. The van der Waals surface area contributed by atoms with Crippen LogP contribution in [0.5, 0.6) is 0 Å². The topological polar surface area (TPSA) is 57.5 Å². The van der Waals surface area contributed by atoms with Crippen molar-refractivity contribution in [3.05, 3.63) is 118 Å². The van der Waals surface area contributed by atoms with E-state index >= 15 is 0 Å². The molecule has 0 heterocycles. The lowest BCUT2D eigenvalue weighted by Crippen LogP contribution is -1.95. The Hall–Kier alpha value is -3.11. The van der Waals surface area contributed by atoms with E-state index in [0.29, 0.717) is 10.0 Å². The number of benzene rings is 4. The monoisotopic (exact) mass is 450 g/mol. The Morgan fingerprint density at radius 3 is 1.58 bits per heavy atom. The molecule has 3 nitrogen and oxygen atoms in total. The van der Waals surface area contributed by atoms with Gasteiger partial charge in [-0.25, -0.2) is 4.79 Å². The summed E-state index contributed by atoms with van der Waals surface area (Å²) in [5.74, 6) is -0.971. The molecule has 0 aliphatic rings. The summed E-state index contributed by atoms with van der Waals surface area (Å²) in [6.45, 7) is 0.0226. The number of carboxylic acid groups (broad SMARTS) is 1. The van der Waals surface area contributed by atoms with Gasteiger partial charge in [0.2, 0.25) is 0 Å². The quantitative estimate of drug-likeness (QED) is 0.345. The Morgan fingerprint density at radius 2 is 1.16 bits per heavy atom. The Kier molecular flexibility index (Phi) is 7.85. The van der Waals surface area contributed by atoms with Crippen molar-refractivity contribution < 1.29 is 15.0 Å². The van der Waals surface area contributed by atoms with Crippen LogP contribution in [0.3, 0.4) is 0 Å². The number of aliphatic hydroxyl groups excluding tert-OH is 1. The Bertz CT molecular complexity index is 1160. The summed E-state index contributed by atoms with van der Waals surface area (Å²) in [5, 5.41) is 18.9. The fourth-order valence-electron chi connectivity index (χ4n) is 3.01. The molecule has 0 aliphatic carbocycles. The molecule has 4 aromatic carbocycles. The first-order chi connectivity index (χ1) is 15.0. The standard InChI is InChI=1S/C13H9ClO2.C13H11ClO/c14-12-8-10(13(15)16)6-7-11(12)9-4-2-1-3-5-9;14-13-8-10(9-15)6-7-12(13)11-4-2-1-3-5-11/h1-8H,(H,15,16);1-8,15H,9H2. The van der Waals surface area contributed by atoms with E-state index in [4.69, 9.17) is 33.4 Å². The lowest BCUT2D eigenvalue weighted by atomic mass is 10.0. The number of carboxylic acids is 1. The Labute approximate surface area is 191 Å². The van der Waals surface area contributed by atoms with Gasteiger partial charge >= 0.3 is 5.97 Å². The average molecular weight is 451 g/mol. The Balaban J connectivity index is 0.000000176. The van der Waals surface area contributed by atoms with E-state index in [9.17, 15) is 4.79 Å². The maximum absolute atomic E-state index is 10.7. The minimum atomic E-state index is -0.971. The van der Waals surface area contributed by atoms with E-state index in [1.807, 2.05) is 72.8 Å². The fourth-order valence-corrected chi connectivity index (χ4v) is 3.61. The van der Waals surface area contributed by atoms with Gasteiger partial charge in [-0.3, -0.25) is 0 Å². The van der Waals surface area contributed by atoms with Crippen molar-refractivity contribution in [3.8, 4) is 22.3 Å². The molecular formula is C26H20Cl2O3. The van der Waals surface area contributed by atoms with Crippen molar-refractivity contribution in [2.75, 3.05) is 0 Å². The van der Waals surface area contributed by atoms with Crippen LogP contribution in [0.2, 0.25) is 10.0 Å². The smallest absolute Gasteiger partial charge is 0.335 e. The highest BCUT2D eigenvalue weighted by Crippen LogP contribution is 2.29. The molecule has 5 heteroatoms. The van der Waals surface area contributed by atoms with Crippen LogP contribution in [0, 0.1) is 0 Å². The van der Waals surface area contributed by atoms with Gasteiger partial charge < -0.3 is 10.2 Å². The van der Waals surface area contributed by atoms with Gasteiger partial charge in [-0.2, -0.15) is 0 Å². The average Bonchev–Trinajstić information content (AvgIpc) is 2.80. The highest BCUT2D eigenvalue weighted by Gasteiger charge is 2.08. The largest absolute Gasteiger partial charge is 0.478 e. The molecule has 0 bridgehead atoms. The van der Waals surface area contributed by atoms with E-state index in [2.05, 4.69) is 0 Å². The van der Waals surface area contributed by atoms with Gasteiger partial charge in [0.15, 0.2) is 0 Å². The van der Waals surface area contributed by atoms with Gasteiger partial charge in [-0.15, -0.1) is 0 Å². The van der Waals surface area contributed by atoms with Crippen LogP contribution in [0.25, 0.3) is 22.3 Å². The van der Waals surface area contributed by atoms with Crippen LogP contribution in [-0.2, 0) is 6.61 Å². The van der Waals surface area contributed by atoms with Gasteiger partial charge in [-0.1, -0.05) is 102 Å². The molecule has 31 heavy (non-hydrogen) atoms. The fraction of sp³-hybridized carbons (Fsp3) is 0.0385. The van der Waals surface area contributed by atoms with Crippen LogP contribution in [0.1, 0.15) is 15.9 Å². The molecule has 156 valence electrons. The zero-order valence-electron chi connectivity index (χ0n) is 16.5. The van der Waals surface area contributed by atoms with E-state index in [-0.39, 0.29) is 12.2 Å². The van der Waals surface area contributed by atoms with Crippen LogP contribution in [-0.4, -0.2) is 16.2 Å². The van der Waals surface area contributed by atoms with Gasteiger partial charge in [0, 0.05) is 21.2 Å². The van der Waals surface area contributed by atoms with Crippen LogP contribution in [0.15, 0.2) is 97.1 Å². The maximum Gasteiger partial charge on any atom is 0.335 e. The van der Waals surface area contributed by atoms with Crippen LogP contribution in [0.4, 0.5) is 0 Å². The van der Waals surface area contributed by atoms with Crippen molar-refractivity contribution in [3.63, 3.8) is 0 Å². The second-order valence-electron chi connectivity index (χ2n) is 6.70. The third-order valence-electron chi connectivity index (χ3n) is 4.60. The summed E-state index contributed by atoms with van der Waals surface area (Å²) in [6, 6.07) is 29.9. The van der Waals surface area contributed by atoms with Gasteiger partial charge in [0.1, 0.15) is 0 Å². The number of carbonyl (C=O) groups is 1. The second kappa shape index (κ2) is 10.8. The highest BCUT2D eigenvalue weighted by atomic mass is 35.5. The van der Waals surface area contributed by atoms with Crippen LogP contribution >= 0.6 is 23.2 Å². The summed E-state index contributed by atoms with van der Waals surface area (Å²) < 4.78 is 0. The molecule has 0 saturated carbocycles. The number of hydrogen-bond donors (Lipinski definition) is 2. The van der Waals surface area contributed by atoms with Crippen molar-refractivity contribution >= 4 is 29.2 Å². The highest BCUT2D eigenvalue weighted by molar-refractivity contribution is 6.34.